The van der Waals surface area contributed by atoms with Crippen molar-refractivity contribution in [2.45, 2.75) is 26.9 Å². The number of anilines is 1. The first-order chi connectivity index (χ1) is 13.2. The third-order valence-corrected chi connectivity index (χ3v) is 5.60. The predicted molar refractivity (Wildman–Crippen MR) is 107 cm³/mol. The van der Waals surface area contributed by atoms with Crippen molar-refractivity contribution in [2.24, 2.45) is 0 Å². The Morgan fingerprint density at radius 3 is 2.67 bits per heavy atom. The van der Waals surface area contributed by atoms with Gasteiger partial charge < -0.3 is 19.5 Å². The van der Waals surface area contributed by atoms with Crippen molar-refractivity contribution in [2.75, 3.05) is 38.2 Å². The van der Waals surface area contributed by atoms with Gasteiger partial charge in [-0.3, -0.25) is 0 Å². The Bertz CT molecular complexity index is 900. The summed E-state index contributed by atoms with van der Waals surface area (Å²) >= 11 is 0. The summed E-state index contributed by atoms with van der Waals surface area (Å²) in [6, 6.07) is 10.4. The molecule has 27 heavy (non-hydrogen) atoms. The van der Waals surface area contributed by atoms with Gasteiger partial charge in [0.05, 0.1) is 31.7 Å². The first kappa shape index (κ1) is 17.9. The number of benzene rings is 1. The van der Waals surface area contributed by atoms with E-state index >= 15 is 0 Å². The SMILES string of the molecule is Cc1c(C)n(CC[NH+]2CCOCC2)c2ncnc(NCc3ccccc3)c12. The summed E-state index contributed by atoms with van der Waals surface area (Å²) in [5.74, 6) is 0.918. The van der Waals surface area contributed by atoms with Crippen LogP contribution in [-0.2, 0) is 17.8 Å². The van der Waals surface area contributed by atoms with Gasteiger partial charge in [-0.1, -0.05) is 30.3 Å². The van der Waals surface area contributed by atoms with Crippen molar-refractivity contribution in [1.29, 1.82) is 0 Å². The summed E-state index contributed by atoms with van der Waals surface area (Å²) in [4.78, 5) is 10.8. The largest absolute Gasteiger partial charge is 0.370 e. The Morgan fingerprint density at radius 1 is 1.11 bits per heavy atom. The Hall–Kier alpha value is -2.44. The number of nitrogens with one attached hydrogen (secondary N) is 2. The van der Waals surface area contributed by atoms with Crippen LogP contribution in [0, 0.1) is 13.8 Å². The van der Waals surface area contributed by atoms with Gasteiger partial charge in [0.1, 0.15) is 30.9 Å². The molecule has 0 amide bonds. The maximum Gasteiger partial charge on any atom is 0.146 e. The fourth-order valence-corrected chi connectivity index (χ4v) is 3.84. The van der Waals surface area contributed by atoms with E-state index in [2.05, 4.69) is 58.0 Å². The normalized spacial score (nSPS) is 15.3. The lowest BCUT2D eigenvalue weighted by Crippen LogP contribution is -3.14. The minimum absolute atomic E-state index is 0.758. The number of aromatic nitrogens is 3. The molecule has 4 rings (SSSR count). The summed E-state index contributed by atoms with van der Waals surface area (Å²) in [7, 11) is 0. The fourth-order valence-electron chi connectivity index (χ4n) is 3.84. The molecule has 0 unspecified atom stereocenters. The third-order valence-electron chi connectivity index (χ3n) is 5.60. The highest BCUT2D eigenvalue weighted by Crippen LogP contribution is 2.28. The molecular weight excluding hydrogens is 338 g/mol. The Kier molecular flexibility index (Phi) is 5.36. The predicted octanol–water partition coefficient (Wildman–Crippen LogP) is 1.58. The first-order valence-electron chi connectivity index (χ1n) is 9.73. The van der Waals surface area contributed by atoms with E-state index in [1.54, 1.807) is 11.2 Å². The Labute approximate surface area is 160 Å². The zero-order chi connectivity index (χ0) is 18.6. The quantitative estimate of drug-likeness (QED) is 0.695. The maximum absolute atomic E-state index is 5.47. The summed E-state index contributed by atoms with van der Waals surface area (Å²) in [6.45, 7) is 11.1. The molecule has 142 valence electrons. The molecule has 2 aromatic heterocycles. The van der Waals surface area contributed by atoms with E-state index in [9.17, 15) is 0 Å². The molecule has 3 aromatic rings. The van der Waals surface area contributed by atoms with Crippen LogP contribution in [0.2, 0.25) is 0 Å². The minimum Gasteiger partial charge on any atom is -0.370 e. The molecule has 1 fully saturated rings. The van der Waals surface area contributed by atoms with Crippen molar-refractivity contribution in [3.05, 3.63) is 53.5 Å². The zero-order valence-electron chi connectivity index (χ0n) is 16.2. The monoisotopic (exact) mass is 366 g/mol. The number of nitrogens with zero attached hydrogens (tertiary/aromatic N) is 3. The van der Waals surface area contributed by atoms with Gasteiger partial charge in [0.15, 0.2) is 0 Å². The van der Waals surface area contributed by atoms with E-state index in [0.29, 0.717) is 0 Å². The van der Waals surface area contributed by atoms with Gasteiger partial charge in [0, 0.05) is 12.2 Å². The number of morpholine rings is 1. The second-order valence-corrected chi connectivity index (χ2v) is 7.23. The highest BCUT2D eigenvalue weighted by Gasteiger charge is 2.19. The molecule has 0 saturated carbocycles. The standard InChI is InChI=1S/C21H27N5O/c1-16-17(2)26(9-8-25-10-12-27-13-11-25)21-19(16)20(23-15-24-21)22-14-18-6-4-3-5-7-18/h3-7,15H,8-14H2,1-2H3,(H,22,23,24)/p+1. The minimum atomic E-state index is 0.758. The topological polar surface area (TPSA) is 56.4 Å². The van der Waals surface area contributed by atoms with E-state index in [-0.39, 0.29) is 0 Å². The van der Waals surface area contributed by atoms with Gasteiger partial charge in [0.2, 0.25) is 0 Å². The van der Waals surface area contributed by atoms with Crippen LogP contribution in [0.1, 0.15) is 16.8 Å². The van der Waals surface area contributed by atoms with E-state index in [1.807, 2.05) is 6.07 Å². The molecule has 6 nitrogen and oxygen atoms in total. The lowest BCUT2D eigenvalue weighted by molar-refractivity contribution is -0.908. The molecule has 0 spiro atoms. The Balaban J connectivity index is 1.57. The highest BCUT2D eigenvalue weighted by molar-refractivity contribution is 5.91. The molecule has 0 aliphatic carbocycles. The van der Waals surface area contributed by atoms with Crippen LogP contribution >= 0.6 is 0 Å². The molecular formula is C21H28N5O+. The van der Waals surface area contributed by atoms with Gasteiger partial charge in [-0.25, -0.2) is 9.97 Å². The van der Waals surface area contributed by atoms with Crippen molar-refractivity contribution in [1.82, 2.24) is 14.5 Å². The van der Waals surface area contributed by atoms with E-state index in [1.165, 1.54) is 16.8 Å². The fraction of sp³-hybridized carbons (Fsp3) is 0.429. The maximum atomic E-state index is 5.47. The summed E-state index contributed by atoms with van der Waals surface area (Å²) in [5.41, 5.74) is 4.82. The molecule has 1 aliphatic heterocycles. The number of quaternary nitrogens is 1. The highest BCUT2D eigenvalue weighted by atomic mass is 16.5. The van der Waals surface area contributed by atoms with Crippen molar-refractivity contribution in [3.8, 4) is 0 Å². The third kappa shape index (κ3) is 3.82. The van der Waals surface area contributed by atoms with Gasteiger partial charge in [-0.15, -0.1) is 0 Å². The summed E-state index contributed by atoms with van der Waals surface area (Å²) < 4.78 is 7.82. The van der Waals surface area contributed by atoms with Crippen molar-refractivity contribution >= 4 is 16.9 Å². The average Bonchev–Trinajstić information content (AvgIpc) is 2.97. The van der Waals surface area contributed by atoms with Gasteiger partial charge in [-0.05, 0) is 25.0 Å². The van der Waals surface area contributed by atoms with Crippen LogP contribution < -0.4 is 10.2 Å². The molecule has 3 heterocycles. The molecule has 2 N–H and O–H groups in total. The zero-order valence-corrected chi connectivity index (χ0v) is 16.2. The van der Waals surface area contributed by atoms with Crippen LogP contribution in [0.15, 0.2) is 36.7 Å². The van der Waals surface area contributed by atoms with Crippen LogP contribution in [0.25, 0.3) is 11.0 Å². The van der Waals surface area contributed by atoms with Crippen LogP contribution in [0.5, 0.6) is 0 Å². The Morgan fingerprint density at radius 2 is 1.89 bits per heavy atom. The van der Waals surface area contributed by atoms with Gasteiger partial charge in [0.25, 0.3) is 0 Å². The average molecular weight is 366 g/mol. The van der Waals surface area contributed by atoms with Crippen LogP contribution in [-0.4, -0.2) is 47.4 Å². The van der Waals surface area contributed by atoms with E-state index in [4.69, 9.17) is 4.74 Å². The van der Waals surface area contributed by atoms with Crippen molar-refractivity contribution < 1.29 is 9.64 Å². The smallest absolute Gasteiger partial charge is 0.146 e. The van der Waals surface area contributed by atoms with Gasteiger partial charge >= 0.3 is 0 Å². The lowest BCUT2D eigenvalue weighted by atomic mass is 10.2. The molecule has 0 bridgehead atoms. The lowest BCUT2D eigenvalue weighted by Gasteiger charge is -2.24. The number of hydrogen-bond donors (Lipinski definition) is 2. The molecule has 1 aliphatic rings. The number of fused-ring (bicyclic) bond motifs is 1. The number of hydrogen-bond acceptors (Lipinski definition) is 4. The van der Waals surface area contributed by atoms with Crippen LogP contribution in [0.3, 0.4) is 0 Å². The van der Waals surface area contributed by atoms with Gasteiger partial charge in [-0.2, -0.15) is 0 Å². The molecule has 0 radical (unpaired) electrons. The second kappa shape index (κ2) is 8.06. The van der Waals surface area contributed by atoms with E-state index < -0.39 is 0 Å². The molecule has 6 heteroatoms. The number of ether oxygens (including phenoxy) is 1. The van der Waals surface area contributed by atoms with Crippen LogP contribution in [0.4, 0.5) is 5.82 Å². The molecule has 0 atom stereocenters. The van der Waals surface area contributed by atoms with Crippen molar-refractivity contribution in [3.63, 3.8) is 0 Å². The first-order valence-corrected chi connectivity index (χ1v) is 9.73. The van der Waals surface area contributed by atoms with E-state index in [0.717, 1.165) is 62.8 Å². The number of aryl methyl sites for hydroxylation is 1. The molecule has 1 saturated heterocycles. The summed E-state index contributed by atoms with van der Waals surface area (Å²) in [6.07, 6.45) is 1.67. The second-order valence-electron chi connectivity index (χ2n) is 7.23. The molecule has 1 aromatic carbocycles. The summed E-state index contributed by atoms with van der Waals surface area (Å²) in [5, 5.41) is 4.65. The number of rotatable bonds is 6.